The number of aliphatic hydroxyl groups is 1. The number of hydrogen-bond acceptors (Lipinski definition) is 4. The summed E-state index contributed by atoms with van der Waals surface area (Å²) in [5.41, 5.74) is 2.37. The average Bonchev–Trinajstić information content (AvgIpc) is 2.89. The van der Waals surface area contributed by atoms with Crippen LogP contribution in [0.15, 0.2) is 18.2 Å². The van der Waals surface area contributed by atoms with Crippen LogP contribution in [0.2, 0.25) is 0 Å². The molecule has 3 rings (SSSR count). The predicted molar refractivity (Wildman–Crippen MR) is 85.3 cm³/mol. The lowest BCUT2D eigenvalue weighted by atomic mass is 10.00. The molecule has 1 fully saturated rings. The van der Waals surface area contributed by atoms with Gasteiger partial charge in [0, 0.05) is 43.2 Å². The highest BCUT2D eigenvalue weighted by atomic mass is 35.5. The van der Waals surface area contributed by atoms with Crippen molar-refractivity contribution in [3.63, 3.8) is 0 Å². The van der Waals surface area contributed by atoms with Gasteiger partial charge < -0.3 is 21.1 Å². The van der Waals surface area contributed by atoms with Crippen LogP contribution in [-0.4, -0.2) is 42.7 Å². The smallest absolute Gasteiger partial charge is 0.251 e. The zero-order chi connectivity index (χ0) is 14.8. The molecule has 6 nitrogen and oxygen atoms in total. The molecule has 1 saturated heterocycles. The standard InChI is InChI=1S/C15H19N3O3.ClH/c19-13-8-16-6-11(13)7-17-15(21)10-1-3-12-9(5-10)2-4-14(20)18-12;/h1,3,5,11,13,16,19H,2,4,6-8H2,(H,17,21)(H,18,20);1H. The summed E-state index contributed by atoms with van der Waals surface area (Å²) in [4.78, 5) is 23.5. The Hall–Kier alpha value is -1.63. The highest BCUT2D eigenvalue weighted by Crippen LogP contribution is 2.23. The maximum atomic E-state index is 12.2. The number of rotatable bonds is 3. The maximum Gasteiger partial charge on any atom is 0.251 e. The zero-order valence-electron chi connectivity index (χ0n) is 12.1. The van der Waals surface area contributed by atoms with Gasteiger partial charge in [0.1, 0.15) is 0 Å². The van der Waals surface area contributed by atoms with Crippen LogP contribution in [0.5, 0.6) is 0 Å². The summed E-state index contributed by atoms with van der Waals surface area (Å²) < 4.78 is 0. The molecule has 7 heteroatoms. The van der Waals surface area contributed by atoms with Gasteiger partial charge >= 0.3 is 0 Å². The number of anilines is 1. The summed E-state index contributed by atoms with van der Waals surface area (Å²) in [6.07, 6.45) is 0.718. The third-order valence-electron chi connectivity index (χ3n) is 4.09. The van der Waals surface area contributed by atoms with Gasteiger partial charge in [-0.2, -0.15) is 0 Å². The summed E-state index contributed by atoms with van der Waals surface area (Å²) in [5.74, 6) is -0.0675. The molecule has 0 aromatic heterocycles. The van der Waals surface area contributed by atoms with Crippen molar-refractivity contribution < 1.29 is 14.7 Å². The molecule has 22 heavy (non-hydrogen) atoms. The molecular formula is C15H20ClN3O3. The van der Waals surface area contributed by atoms with Crippen LogP contribution in [0.25, 0.3) is 0 Å². The van der Waals surface area contributed by atoms with Crippen LogP contribution in [0.3, 0.4) is 0 Å². The maximum absolute atomic E-state index is 12.2. The first-order valence-electron chi connectivity index (χ1n) is 7.23. The number of β-amino-alcohol motifs (C(OH)–C–C–N with tert-alkyl or cyclic N) is 1. The number of hydrogen-bond donors (Lipinski definition) is 4. The average molecular weight is 326 g/mol. The Kier molecular flexibility index (Phi) is 5.39. The zero-order valence-corrected chi connectivity index (χ0v) is 12.9. The Morgan fingerprint density at radius 2 is 2.14 bits per heavy atom. The van der Waals surface area contributed by atoms with E-state index in [0.29, 0.717) is 31.5 Å². The molecule has 0 saturated carbocycles. The van der Waals surface area contributed by atoms with E-state index in [1.165, 1.54) is 0 Å². The fourth-order valence-corrected chi connectivity index (χ4v) is 2.78. The van der Waals surface area contributed by atoms with Gasteiger partial charge in [0.25, 0.3) is 5.91 Å². The predicted octanol–water partition coefficient (Wildman–Crippen LogP) is 0.303. The number of aryl methyl sites for hydroxylation is 1. The van der Waals surface area contributed by atoms with E-state index in [-0.39, 0.29) is 30.1 Å². The second kappa shape index (κ2) is 7.09. The first kappa shape index (κ1) is 16.7. The molecule has 2 unspecified atom stereocenters. The quantitative estimate of drug-likeness (QED) is 0.643. The topological polar surface area (TPSA) is 90.5 Å². The van der Waals surface area contributed by atoms with Gasteiger partial charge in [-0.25, -0.2) is 0 Å². The van der Waals surface area contributed by atoms with Gasteiger partial charge in [0.05, 0.1) is 6.10 Å². The van der Waals surface area contributed by atoms with Crippen LogP contribution in [0, 0.1) is 5.92 Å². The highest BCUT2D eigenvalue weighted by molar-refractivity contribution is 5.97. The summed E-state index contributed by atoms with van der Waals surface area (Å²) in [6, 6.07) is 5.31. The largest absolute Gasteiger partial charge is 0.391 e. The summed E-state index contributed by atoms with van der Waals surface area (Å²) in [5, 5.41) is 18.4. The van der Waals surface area contributed by atoms with E-state index < -0.39 is 6.10 Å². The molecule has 1 aromatic carbocycles. The molecule has 2 aliphatic rings. The lowest BCUT2D eigenvalue weighted by Crippen LogP contribution is -2.34. The van der Waals surface area contributed by atoms with Crippen molar-refractivity contribution in [3.8, 4) is 0 Å². The van der Waals surface area contributed by atoms with Crippen molar-refractivity contribution in [3.05, 3.63) is 29.3 Å². The number of halogens is 1. The van der Waals surface area contributed by atoms with Gasteiger partial charge in [-0.1, -0.05) is 0 Å². The molecule has 2 amide bonds. The van der Waals surface area contributed by atoms with Gasteiger partial charge in [0.15, 0.2) is 0 Å². The fourth-order valence-electron chi connectivity index (χ4n) is 2.78. The van der Waals surface area contributed by atoms with Crippen molar-refractivity contribution in [2.75, 3.05) is 25.0 Å². The van der Waals surface area contributed by atoms with Crippen LogP contribution in [-0.2, 0) is 11.2 Å². The fraction of sp³-hybridized carbons (Fsp3) is 0.467. The van der Waals surface area contributed by atoms with Crippen molar-refractivity contribution in [1.29, 1.82) is 0 Å². The van der Waals surface area contributed by atoms with Crippen molar-refractivity contribution in [2.24, 2.45) is 5.92 Å². The van der Waals surface area contributed by atoms with Crippen molar-refractivity contribution in [1.82, 2.24) is 10.6 Å². The third-order valence-corrected chi connectivity index (χ3v) is 4.09. The number of carbonyl (C=O) groups is 2. The molecule has 0 aliphatic carbocycles. The minimum Gasteiger partial charge on any atom is -0.391 e. The number of amides is 2. The third kappa shape index (κ3) is 3.58. The molecule has 2 heterocycles. The van der Waals surface area contributed by atoms with E-state index in [4.69, 9.17) is 0 Å². The van der Waals surface area contributed by atoms with Gasteiger partial charge in [0.2, 0.25) is 5.91 Å². The highest BCUT2D eigenvalue weighted by Gasteiger charge is 2.25. The van der Waals surface area contributed by atoms with E-state index in [9.17, 15) is 14.7 Å². The molecule has 0 bridgehead atoms. The number of fused-ring (bicyclic) bond motifs is 1. The SMILES string of the molecule is Cl.O=C1CCc2cc(C(=O)NCC3CNCC3O)ccc2N1. The lowest BCUT2D eigenvalue weighted by molar-refractivity contribution is -0.116. The van der Waals surface area contributed by atoms with Crippen LogP contribution in [0.4, 0.5) is 5.69 Å². The Bertz CT molecular complexity index is 579. The number of nitrogens with one attached hydrogen (secondary N) is 3. The molecule has 4 N–H and O–H groups in total. The molecule has 0 spiro atoms. The van der Waals surface area contributed by atoms with Gasteiger partial charge in [-0.3, -0.25) is 9.59 Å². The van der Waals surface area contributed by atoms with Gasteiger partial charge in [-0.15, -0.1) is 12.4 Å². The Balaban J connectivity index is 0.00000176. The molecule has 1 aromatic rings. The van der Waals surface area contributed by atoms with Crippen LogP contribution >= 0.6 is 12.4 Å². The van der Waals surface area contributed by atoms with Gasteiger partial charge in [-0.05, 0) is 30.2 Å². The Morgan fingerprint density at radius 1 is 1.32 bits per heavy atom. The Labute approximate surface area is 135 Å². The van der Waals surface area contributed by atoms with Crippen LogP contribution < -0.4 is 16.0 Å². The number of benzene rings is 1. The van der Waals surface area contributed by atoms with Crippen molar-refractivity contribution >= 4 is 29.9 Å². The summed E-state index contributed by atoms with van der Waals surface area (Å²) in [7, 11) is 0. The second-order valence-electron chi connectivity index (χ2n) is 5.62. The van der Waals surface area contributed by atoms with E-state index in [2.05, 4.69) is 16.0 Å². The second-order valence-corrected chi connectivity index (χ2v) is 5.62. The molecule has 0 radical (unpaired) electrons. The number of carbonyl (C=O) groups excluding carboxylic acids is 2. The van der Waals surface area contributed by atoms with E-state index >= 15 is 0 Å². The molecule has 120 valence electrons. The monoisotopic (exact) mass is 325 g/mol. The van der Waals surface area contributed by atoms with E-state index in [1.54, 1.807) is 12.1 Å². The molecule has 2 atom stereocenters. The number of aliphatic hydroxyl groups excluding tert-OH is 1. The Morgan fingerprint density at radius 3 is 2.86 bits per heavy atom. The van der Waals surface area contributed by atoms with Crippen molar-refractivity contribution in [2.45, 2.75) is 18.9 Å². The van der Waals surface area contributed by atoms with Crippen LogP contribution in [0.1, 0.15) is 22.3 Å². The lowest BCUT2D eigenvalue weighted by Gasteiger charge is -2.18. The summed E-state index contributed by atoms with van der Waals surface area (Å²) >= 11 is 0. The molecular weight excluding hydrogens is 306 g/mol. The van der Waals surface area contributed by atoms with E-state index in [1.807, 2.05) is 6.07 Å². The minimum absolute atomic E-state index is 0. The first-order chi connectivity index (χ1) is 10.1. The molecule has 2 aliphatic heterocycles. The normalized spacial score (nSPS) is 23.2. The minimum atomic E-state index is -0.399. The first-order valence-corrected chi connectivity index (χ1v) is 7.23. The van der Waals surface area contributed by atoms with E-state index in [0.717, 1.165) is 17.8 Å². The summed E-state index contributed by atoms with van der Waals surface area (Å²) in [6.45, 7) is 1.76.